The Morgan fingerprint density at radius 3 is 2.62 bits per heavy atom. The highest BCUT2D eigenvalue weighted by atomic mass is 16.4. The first kappa shape index (κ1) is 9.24. The van der Waals surface area contributed by atoms with Crippen molar-refractivity contribution in [3.05, 3.63) is 11.9 Å². The van der Waals surface area contributed by atoms with Crippen molar-refractivity contribution in [1.82, 2.24) is 9.78 Å². The zero-order valence-corrected chi connectivity index (χ0v) is 7.24. The zero-order valence-electron chi connectivity index (χ0n) is 7.24. The van der Waals surface area contributed by atoms with Crippen LogP contribution in [0.5, 0.6) is 0 Å². The minimum absolute atomic E-state index is 0.412. The average Bonchev–Trinajstić information content (AvgIpc) is 2.36. The molecule has 0 atom stereocenters. The number of carbonyl (C=O) groups is 2. The second kappa shape index (κ2) is 3.26. The normalized spacial score (nSPS) is 9.69. The summed E-state index contributed by atoms with van der Waals surface area (Å²) in [5, 5.41) is 14.3. The van der Waals surface area contributed by atoms with Gasteiger partial charge in [0.2, 0.25) is 0 Å². The number of aryl methyl sites for hydroxylation is 1. The van der Waals surface area contributed by atoms with Crippen molar-refractivity contribution in [2.24, 2.45) is 7.05 Å². The first-order valence-corrected chi connectivity index (χ1v) is 3.55. The van der Waals surface area contributed by atoms with Crippen LogP contribution in [0.2, 0.25) is 0 Å². The SMILES string of the molecule is Cc1c(NC(=O)C(=O)O)cnn1C. The molecule has 1 amide bonds. The van der Waals surface area contributed by atoms with Gasteiger partial charge in [-0.1, -0.05) is 0 Å². The maximum absolute atomic E-state index is 10.7. The number of carbonyl (C=O) groups excluding carboxylic acids is 1. The van der Waals surface area contributed by atoms with E-state index in [-0.39, 0.29) is 0 Å². The maximum Gasteiger partial charge on any atom is 0.394 e. The fourth-order valence-corrected chi connectivity index (χ4v) is 0.797. The second-order valence-electron chi connectivity index (χ2n) is 2.53. The summed E-state index contributed by atoms with van der Waals surface area (Å²) in [6, 6.07) is 0. The van der Waals surface area contributed by atoms with Crippen LogP contribution in [0.4, 0.5) is 5.69 Å². The van der Waals surface area contributed by atoms with Crippen LogP contribution in [-0.2, 0) is 16.6 Å². The topological polar surface area (TPSA) is 84.2 Å². The number of nitrogens with zero attached hydrogens (tertiary/aromatic N) is 2. The molecular weight excluding hydrogens is 174 g/mol. The van der Waals surface area contributed by atoms with Gasteiger partial charge in [0.05, 0.1) is 17.6 Å². The summed E-state index contributed by atoms with van der Waals surface area (Å²) < 4.78 is 1.54. The molecule has 1 aromatic rings. The Morgan fingerprint density at radius 1 is 1.62 bits per heavy atom. The van der Waals surface area contributed by atoms with Crippen LogP contribution in [0, 0.1) is 6.92 Å². The molecule has 0 aliphatic rings. The monoisotopic (exact) mass is 183 g/mol. The lowest BCUT2D eigenvalue weighted by atomic mass is 10.4. The van der Waals surface area contributed by atoms with Crippen molar-refractivity contribution in [3.63, 3.8) is 0 Å². The summed E-state index contributed by atoms with van der Waals surface area (Å²) in [4.78, 5) is 20.9. The van der Waals surface area contributed by atoms with Gasteiger partial charge >= 0.3 is 11.9 Å². The Bertz CT molecular complexity index is 356. The van der Waals surface area contributed by atoms with Gasteiger partial charge in [0.1, 0.15) is 0 Å². The van der Waals surface area contributed by atoms with Crippen LogP contribution >= 0.6 is 0 Å². The molecule has 1 heterocycles. The number of carboxylic acid groups (broad SMARTS) is 1. The maximum atomic E-state index is 10.7. The van der Waals surface area contributed by atoms with Crippen molar-refractivity contribution in [1.29, 1.82) is 0 Å². The molecule has 0 saturated heterocycles. The number of anilines is 1. The van der Waals surface area contributed by atoms with Gasteiger partial charge in [0.15, 0.2) is 0 Å². The Labute approximate surface area is 74.2 Å². The highest BCUT2D eigenvalue weighted by molar-refractivity contribution is 6.36. The predicted octanol–water partition coefficient (Wildman–Crippen LogP) is -0.248. The van der Waals surface area contributed by atoms with Crippen LogP contribution in [0.25, 0.3) is 0 Å². The summed E-state index contributed by atoms with van der Waals surface area (Å²) >= 11 is 0. The fraction of sp³-hybridized carbons (Fsp3) is 0.286. The van der Waals surface area contributed by atoms with E-state index in [1.165, 1.54) is 10.9 Å². The summed E-state index contributed by atoms with van der Waals surface area (Å²) in [5.74, 6) is -2.57. The van der Waals surface area contributed by atoms with Crippen LogP contribution in [0.3, 0.4) is 0 Å². The minimum atomic E-state index is -1.51. The molecule has 0 bridgehead atoms. The number of nitrogens with one attached hydrogen (secondary N) is 1. The van der Waals surface area contributed by atoms with Crippen LogP contribution in [0.1, 0.15) is 5.69 Å². The molecule has 13 heavy (non-hydrogen) atoms. The summed E-state index contributed by atoms with van der Waals surface area (Å²) in [6.45, 7) is 1.73. The molecule has 0 aliphatic carbocycles. The van der Waals surface area contributed by atoms with E-state index in [1.807, 2.05) is 0 Å². The molecule has 0 saturated carbocycles. The largest absolute Gasteiger partial charge is 0.474 e. The molecule has 70 valence electrons. The summed E-state index contributed by atoms with van der Waals surface area (Å²) in [7, 11) is 1.70. The quantitative estimate of drug-likeness (QED) is 0.588. The van der Waals surface area contributed by atoms with Gasteiger partial charge in [0, 0.05) is 7.05 Å². The molecule has 0 fully saturated rings. The van der Waals surface area contributed by atoms with Crippen molar-refractivity contribution < 1.29 is 14.7 Å². The lowest BCUT2D eigenvalue weighted by Crippen LogP contribution is -2.22. The van der Waals surface area contributed by atoms with E-state index >= 15 is 0 Å². The third-order valence-corrected chi connectivity index (χ3v) is 1.68. The van der Waals surface area contributed by atoms with Gasteiger partial charge in [-0.05, 0) is 6.92 Å². The number of hydrogen-bond acceptors (Lipinski definition) is 3. The predicted molar refractivity (Wildman–Crippen MR) is 44.2 cm³/mol. The molecule has 1 aromatic heterocycles. The fourth-order valence-electron chi connectivity index (χ4n) is 0.797. The molecule has 0 radical (unpaired) electrons. The number of amides is 1. The van der Waals surface area contributed by atoms with Crippen molar-refractivity contribution in [2.75, 3.05) is 5.32 Å². The van der Waals surface area contributed by atoms with Gasteiger partial charge < -0.3 is 10.4 Å². The van der Waals surface area contributed by atoms with E-state index in [0.29, 0.717) is 11.4 Å². The van der Waals surface area contributed by atoms with Gasteiger partial charge in [-0.2, -0.15) is 5.10 Å². The number of carboxylic acids is 1. The molecular formula is C7H9N3O3. The number of aliphatic carboxylic acids is 1. The molecule has 0 spiro atoms. The number of hydrogen-bond donors (Lipinski definition) is 2. The van der Waals surface area contributed by atoms with E-state index in [1.54, 1.807) is 14.0 Å². The Kier molecular flexibility index (Phi) is 2.32. The van der Waals surface area contributed by atoms with Gasteiger partial charge in [0.25, 0.3) is 0 Å². The first-order chi connectivity index (χ1) is 6.02. The molecule has 2 N–H and O–H groups in total. The molecule has 0 unspecified atom stereocenters. The second-order valence-corrected chi connectivity index (χ2v) is 2.53. The molecule has 0 aromatic carbocycles. The third-order valence-electron chi connectivity index (χ3n) is 1.68. The third kappa shape index (κ3) is 1.84. The van der Waals surface area contributed by atoms with E-state index in [0.717, 1.165) is 0 Å². The summed E-state index contributed by atoms with van der Waals surface area (Å²) in [6.07, 6.45) is 1.40. The van der Waals surface area contributed by atoms with E-state index < -0.39 is 11.9 Å². The highest BCUT2D eigenvalue weighted by Crippen LogP contribution is 2.11. The van der Waals surface area contributed by atoms with Gasteiger partial charge in [-0.3, -0.25) is 9.48 Å². The van der Waals surface area contributed by atoms with Crippen molar-refractivity contribution in [2.45, 2.75) is 6.92 Å². The Morgan fingerprint density at radius 2 is 2.23 bits per heavy atom. The zero-order chi connectivity index (χ0) is 10.0. The molecule has 1 rings (SSSR count). The number of rotatable bonds is 1. The average molecular weight is 183 g/mol. The summed E-state index contributed by atoms with van der Waals surface area (Å²) in [5.41, 5.74) is 1.12. The van der Waals surface area contributed by atoms with Crippen molar-refractivity contribution >= 4 is 17.6 Å². The Hall–Kier alpha value is -1.85. The van der Waals surface area contributed by atoms with E-state index in [2.05, 4.69) is 10.4 Å². The van der Waals surface area contributed by atoms with E-state index in [9.17, 15) is 9.59 Å². The van der Waals surface area contributed by atoms with Gasteiger partial charge in [-0.25, -0.2) is 4.79 Å². The number of aromatic nitrogens is 2. The lowest BCUT2D eigenvalue weighted by molar-refractivity contribution is -0.147. The molecule has 0 aliphatic heterocycles. The standard InChI is InChI=1S/C7H9N3O3/c1-4-5(3-8-10(4)2)9-6(11)7(12)13/h3H,1-2H3,(H,9,11)(H,12,13). The highest BCUT2D eigenvalue weighted by Gasteiger charge is 2.13. The van der Waals surface area contributed by atoms with Crippen LogP contribution in [-0.4, -0.2) is 26.8 Å². The minimum Gasteiger partial charge on any atom is -0.474 e. The Balaban J connectivity index is 2.81. The van der Waals surface area contributed by atoms with Crippen molar-refractivity contribution in [3.8, 4) is 0 Å². The van der Waals surface area contributed by atoms with Crippen LogP contribution in [0.15, 0.2) is 6.20 Å². The lowest BCUT2D eigenvalue weighted by Gasteiger charge is -1.99. The first-order valence-electron chi connectivity index (χ1n) is 3.55. The molecule has 6 nitrogen and oxygen atoms in total. The van der Waals surface area contributed by atoms with Gasteiger partial charge in [-0.15, -0.1) is 0 Å². The van der Waals surface area contributed by atoms with Crippen LogP contribution < -0.4 is 5.32 Å². The smallest absolute Gasteiger partial charge is 0.394 e. The van der Waals surface area contributed by atoms with E-state index in [4.69, 9.17) is 5.11 Å². The molecule has 6 heteroatoms.